The van der Waals surface area contributed by atoms with E-state index < -0.39 is 0 Å². The Kier molecular flexibility index (Phi) is 2.42. The van der Waals surface area contributed by atoms with Gasteiger partial charge in [-0.25, -0.2) is 0 Å². The van der Waals surface area contributed by atoms with Crippen LogP contribution in [0.5, 0.6) is 0 Å². The van der Waals surface area contributed by atoms with Crippen molar-refractivity contribution in [1.29, 1.82) is 0 Å². The standard InChI is InChI=1S/C11H14BrNS/c12-10-6-8-9(14-10)2-1-5-13-11(8)7-3-4-7/h6-7,11,13H,1-5H2. The monoisotopic (exact) mass is 271 g/mol. The molecule has 0 spiro atoms. The first kappa shape index (κ1) is 9.37. The first-order valence-corrected chi connectivity index (χ1v) is 6.97. The summed E-state index contributed by atoms with van der Waals surface area (Å²) in [5.41, 5.74) is 1.59. The molecule has 2 aliphatic rings. The van der Waals surface area contributed by atoms with E-state index in [4.69, 9.17) is 0 Å². The van der Waals surface area contributed by atoms with Crippen LogP contribution in [0.25, 0.3) is 0 Å². The maximum atomic E-state index is 3.70. The highest BCUT2D eigenvalue weighted by atomic mass is 79.9. The molecule has 1 N–H and O–H groups in total. The summed E-state index contributed by atoms with van der Waals surface area (Å²) in [4.78, 5) is 1.61. The van der Waals surface area contributed by atoms with E-state index in [1.165, 1.54) is 36.0 Å². The van der Waals surface area contributed by atoms with Crippen molar-refractivity contribution < 1.29 is 0 Å². The van der Waals surface area contributed by atoms with Crippen LogP contribution in [0.2, 0.25) is 0 Å². The maximum absolute atomic E-state index is 3.70. The molecule has 1 atom stereocenters. The molecule has 1 aromatic heterocycles. The van der Waals surface area contributed by atoms with Gasteiger partial charge < -0.3 is 5.32 Å². The Morgan fingerprint density at radius 2 is 2.29 bits per heavy atom. The SMILES string of the molecule is Brc1cc2c(s1)CCCNC2C1CC1. The van der Waals surface area contributed by atoms with Crippen LogP contribution in [0, 0.1) is 5.92 Å². The van der Waals surface area contributed by atoms with Gasteiger partial charge in [0.25, 0.3) is 0 Å². The van der Waals surface area contributed by atoms with Crippen LogP contribution in [0.1, 0.15) is 35.7 Å². The van der Waals surface area contributed by atoms with Crippen molar-refractivity contribution in [2.45, 2.75) is 31.7 Å². The summed E-state index contributed by atoms with van der Waals surface area (Å²) in [5, 5.41) is 3.70. The summed E-state index contributed by atoms with van der Waals surface area (Å²) in [5.74, 6) is 0.924. The van der Waals surface area contributed by atoms with E-state index in [2.05, 4.69) is 27.3 Å². The third-order valence-electron chi connectivity index (χ3n) is 3.18. The van der Waals surface area contributed by atoms with Crippen LogP contribution in [0.4, 0.5) is 0 Å². The van der Waals surface area contributed by atoms with E-state index in [1.54, 1.807) is 10.4 Å². The molecular weight excluding hydrogens is 258 g/mol. The van der Waals surface area contributed by atoms with Crippen molar-refractivity contribution in [1.82, 2.24) is 5.32 Å². The highest BCUT2D eigenvalue weighted by molar-refractivity contribution is 9.11. The molecule has 0 amide bonds. The minimum atomic E-state index is 0.662. The zero-order valence-corrected chi connectivity index (χ0v) is 10.5. The Balaban J connectivity index is 1.98. The molecule has 76 valence electrons. The quantitative estimate of drug-likeness (QED) is 0.825. The molecule has 0 radical (unpaired) electrons. The largest absolute Gasteiger partial charge is 0.310 e. The zero-order chi connectivity index (χ0) is 9.54. The van der Waals surface area contributed by atoms with Crippen LogP contribution < -0.4 is 5.32 Å². The number of halogens is 1. The molecule has 1 aliphatic carbocycles. The number of fused-ring (bicyclic) bond motifs is 1. The summed E-state index contributed by atoms with van der Waals surface area (Å²) >= 11 is 5.53. The third kappa shape index (κ3) is 1.66. The minimum absolute atomic E-state index is 0.662. The molecule has 0 bridgehead atoms. The van der Waals surface area contributed by atoms with Crippen LogP contribution in [0.15, 0.2) is 9.85 Å². The van der Waals surface area contributed by atoms with E-state index in [-0.39, 0.29) is 0 Å². The van der Waals surface area contributed by atoms with Gasteiger partial charge in [0.15, 0.2) is 0 Å². The fourth-order valence-electron chi connectivity index (χ4n) is 2.33. The minimum Gasteiger partial charge on any atom is -0.310 e. The normalized spacial score (nSPS) is 27.1. The molecule has 2 heterocycles. The lowest BCUT2D eigenvalue weighted by Gasteiger charge is -2.15. The second-order valence-corrected chi connectivity index (χ2v) is 6.82. The Morgan fingerprint density at radius 1 is 1.43 bits per heavy atom. The Morgan fingerprint density at radius 3 is 3.07 bits per heavy atom. The number of hydrogen-bond donors (Lipinski definition) is 1. The van der Waals surface area contributed by atoms with E-state index in [0.717, 1.165) is 5.92 Å². The van der Waals surface area contributed by atoms with Crippen molar-refractivity contribution in [3.8, 4) is 0 Å². The third-order valence-corrected chi connectivity index (χ3v) is 4.90. The van der Waals surface area contributed by atoms with Gasteiger partial charge in [-0.1, -0.05) is 0 Å². The lowest BCUT2D eigenvalue weighted by atomic mass is 10.0. The molecular formula is C11H14BrNS. The van der Waals surface area contributed by atoms with Gasteiger partial charge in [0.2, 0.25) is 0 Å². The predicted molar refractivity (Wildman–Crippen MR) is 63.8 cm³/mol. The first-order valence-electron chi connectivity index (χ1n) is 5.36. The average molecular weight is 272 g/mol. The van der Waals surface area contributed by atoms with Crippen molar-refractivity contribution in [3.05, 3.63) is 20.3 Å². The number of hydrogen-bond acceptors (Lipinski definition) is 2. The Labute approximate surface area is 97.0 Å². The zero-order valence-electron chi connectivity index (χ0n) is 8.05. The molecule has 1 saturated carbocycles. The molecule has 0 aromatic carbocycles. The van der Waals surface area contributed by atoms with E-state index in [9.17, 15) is 0 Å². The van der Waals surface area contributed by atoms with Gasteiger partial charge in [-0.05, 0) is 65.7 Å². The molecule has 0 saturated heterocycles. The van der Waals surface area contributed by atoms with Crippen LogP contribution in [0.3, 0.4) is 0 Å². The van der Waals surface area contributed by atoms with Gasteiger partial charge in [0.05, 0.1) is 3.79 Å². The van der Waals surface area contributed by atoms with Crippen LogP contribution in [-0.4, -0.2) is 6.54 Å². The van der Waals surface area contributed by atoms with E-state index in [1.807, 2.05) is 11.3 Å². The Hall–Kier alpha value is 0.140. The predicted octanol–water partition coefficient (Wildman–Crippen LogP) is 3.50. The average Bonchev–Trinajstić information content (AvgIpc) is 2.92. The molecule has 1 aliphatic heterocycles. The molecule has 14 heavy (non-hydrogen) atoms. The van der Waals surface area contributed by atoms with Gasteiger partial charge in [-0.3, -0.25) is 0 Å². The van der Waals surface area contributed by atoms with Gasteiger partial charge in [-0.2, -0.15) is 0 Å². The van der Waals surface area contributed by atoms with Gasteiger partial charge in [0, 0.05) is 10.9 Å². The van der Waals surface area contributed by atoms with Gasteiger partial charge >= 0.3 is 0 Å². The van der Waals surface area contributed by atoms with Crippen LogP contribution >= 0.6 is 27.3 Å². The molecule has 1 aromatic rings. The van der Waals surface area contributed by atoms with Gasteiger partial charge in [0.1, 0.15) is 0 Å². The number of thiophene rings is 1. The molecule has 3 rings (SSSR count). The topological polar surface area (TPSA) is 12.0 Å². The molecule has 1 fully saturated rings. The lowest BCUT2D eigenvalue weighted by Crippen LogP contribution is -2.22. The highest BCUT2D eigenvalue weighted by Crippen LogP contribution is 2.45. The fraction of sp³-hybridized carbons (Fsp3) is 0.636. The fourth-order valence-corrected chi connectivity index (χ4v) is 4.14. The number of aryl methyl sites for hydroxylation is 1. The summed E-state index contributed by atoms with van der Waals surface area (Å²) < 4.78 is 1.30. The van der Waals surface area contributed by atoms with Crippen LogP contribution in [-0.2, 0) is 6.42 Å². The van der Waals surface area contributed by atoms with Crippen molar-refractivity contribution in [2.24, 2.45) is 5.92 Å². The first-order chi connectivity index (χ1) is 6.84. The van der Waals surface area contributed by atoms with Crippen molar-refractivity contribution >= 4 is 27.3 Å². The smallest absolute Gasteiger partial charge is 0.0704 e. The lowest BCUT2D eigenvalue weighted by molar-refractivity contribution is 0.491. The highest BCUT2D eigenvalue weighted by Gasteiger charge is 2.34. The second-order valence-electron chi connectivity index (χ2n) is 4.30. The maximum Gasteiger partial charge on any atom is 0.0704 e. The van der Waals surface area contributed by atoms with Crippen molar-refractivity contribution in [3.63, 3.8) is 0 Å². The van der Waals surface area contributed by atoms with Gasteiger partial charge in [-0.15, -0.1) is 11.3 Å². The summed E-state index contributed by atoms with van der Waals surface area (Å²) in [7, 11) is 0. The summed E-state index contributed by atoms with van der Waals surface area (Å²) in [6.45, 7) is 1.19. The summed E-state index contributed by atoms with van der Waals surface area (Å²) in [6.07, 6.45) is 5.40. The van der Waals surface area contributed by atoms with E-state index >= 15 is 0 Å². The Bertz CT molecular complexity index is 343. The summed E-state index contributed by atoms with van der Waals surface area (Å²) in [6, 6.07) is 3.00. The number of nitrogens with one attached hydrogen (secondary N) is 1. The van der Waals surface area contributed by atoms with E-state index in [0.29, 0.717) is 6.04 Å². The molecule has 3 heteroatoms. The molecule has 1 nitrogen and oxygen atoms in total. The van der Waals surface area contributed by atoms with Crippen molar-refractivity contribution in [2.75, 3.05) is 6.54 Å². The second kappa shape index (κ2) is 3.62. The number of rotatable bonds is 1. The molecule has 1 unspecified atom stereocenters.